The predicted molar refractivity (Wildman–Crippen MR) is 37.4 cm³/mol. The maximum absolute atomic E-state index is 10.2. The van der Waals surface area contributed by atoms with E-state index < -0.39 is 18.6 Å². The maximum atomic E-state index is 10.2. The van der Waals surface area contributed by atoms with E-state index in [9.17, 15) is 9.32 Å². The average Bonchev–Trinajstić information content (AvgIpc) is 1.87. The van der Waals surface area contributed by atoms with Crippen molar-refractivity contribution in [1.29, 1.82) is 0 Å². The molecule has 0 heterocycles. The molecule has 0 saturated carbocycles. The number of carbonyl (C=O) groups is 1. The lowest BCUT2D eigenvalue weighted by atomic mass is 10.8. The molecule has 0 radical (unpaired) electrons. The SMILES string of the molecule is O=C(O)C(Cl)Cl.O=P(O)(O)OF. The van der Waals surface area contributed by atoms with Crippen molar-refractivity contribution in [3.8, 4) is 0 Å². The van der Waals surface area contributed by atoms with E-state index in [1.165, 1.54) is 0 Å². The predicted octanol–water partition coefficient (Wildman–Crippen LogP) is 0.855. The summed E-state index contributed by atoms with van der Waals surface area (Å²) in [6.45, 7) is 0. The molecule has 0 amide bonds. The molecule has 0 rings (SSSR count). The first-order valence-corrected chi connectivity index (χ1v) is 4.48. The van der Waals surface area contributed by atoms with Crippen molar-refractivity contribution < 1.29 is 33.5 Å². The van der Waals surface area contributed by atoms with Gasteiger partial charge in [0, 0.05) is 0 Å². The number of hydrogen-bond acceptors (Lipinski definition) is 3. The highest BCUT2D eigenvalue weighted by atomic mass is 35.5. The molecular formula is C2H4Cl2FO6P. The Kier molecular flexibility index (Phi) is 8.02. The highest BCUT2D eigenvalue weighted by Crippen LogP contribution is 2.35. The van der Waals surface area contributed by atoms with Crippen LogP contribution in [0, 0.1) is 0 Å². The zero-order valence-corrected chi connectivity index (χ0v) is 7.63. The van der Waals surface area contributed by atoms with Gasteiger partial charge < -0.3 is 14.9 Å². The standard InChI is InChI=1S/C2H2Cl2O2.FH2O4P/c3-1(4)2(5)6;1-5-6(2,3)4/h1H,(H,5,6);(H2,2,3,4). The smallest absolute Gasteiger partial charge is 0.479 e. The first-order chi connectivity index (χ1) is 5.20. The zero-order valence-electron chi connectivity index (χ0n) is 5.22. The van der Waals surface area contributed by atoms with Gasteiger partial charge in [-0.05, 0) is 4.53 Å². The topological polar surface area (TPSA) is 104 Å². The van der Waals surface area contributed by atoms with E-state index in [-0.39, 0.29) is 0 Å². The van der Waals surface area contributed by atoms with Crippen LogP contribution in [0.25, 0.3) is 0 Å². The lowest BCUT2D eigenvalue weighted by Crippen LogP contribution is -2.03. The molecule has 0 fully saturated rings. The molecule has 74 valence electrons. The Hall–Kier alpha value is 0.0900. The van der Waals surface area contributed by atoms with Gasteiger partial charge in [0.05, 0.1) is 0 Å². The summed E-state index contributed by atoms with van der Waals surface area (Å²) < 4.78 is 21.4. The Labute approximate surface area is 76.0 Å². The van der Waals surface area contributed by atoms with E-state index in [0.717, 1.165) is 0 Å². The minimum Gasteiger partial charge on any atom is -0.479 e. The number of hydrogen-bond donors (Lipinski definition) is 3. The van der Waals surface area contributed by atoms with Crippen LogP contribution in [0.2, 0.25) is 0 Å². The van der Waals surface area contributed by atoms with Crippen molar-refractivity contribution in [1.82, 2.24) is 0 Å². The van der Waals surface area contributed by atoms with Crippen molar-refractivity contribution in [2.45, 2.75) is 4.84 Å². The monoisotopic (exact) mass is 244 g/mol. The molecule has 10 heteroatoms. The minimum absolute atomic E-state index is 1.21. The van der Waals surface area contributed by atoms with Crippen LogP contribution in [0.3, 0.4) is 0 Å². The fourth-order valence-electron chi connectivity index (χ4n) is 0. The van der Waals surface area contributed by atoms with Gasteiger partial charge >= 0.3 is 13.8 Å². The van der Waals surface area contributed by atoms with E-state index in [1.54, 1.807) is 0 Å². The molecular weight excluding hydrogens is 241 g/mol. The molecule has 6 nitrogen and oxygen atoms in total. The summed E-state index contributed by atoms with van der Waals surface area (Å²) in [6.07, 6.45) is 0. The number of phosphoric acid groups is 1. The van der Waals surface area contributed by atoms with Crippen molar-refractivity contribution in [2.75, 3.05) is 0 Å². The molecule has 0 spiro atoms. The van der Waals surface area contributed by atoms with E-state index in [1.807, 2.05) is 0 Å². The van der Waals surface area contributed by atoms with Crippen molar-refractivity contribution in [3.63, 3.8) is 0 Å². The number of rotatable bonds is 2. The highest BCUT2D eigenvalue weighted by molar-refractivity contribution is 7.46. The molecule has 0 aromatic rings. The molecule has 0 bridgehead atoms. The second-order valence-electron chi connectivity index (χ2n) is 1.20. The Morgan fingerprint density at radius 2 is 1.67 bits per heavy atom. The van der Waals surface area contributed by atoms with E-state index >= 15 is 0 Å². The van der Waals surface area contributed by atoms with Crippen molar-refractivity contribution in [3.05, 3.63) is 0 Å². The summed E-state index contributed by atoms with van der Waals surface area (Å²) in [5, 5.41) is 7.73. The third kappa shape index (κ3) is 16.6. The molecule has 0 atom stereocenters. The molecule has 0 aromatic carbocycles. The second-order valence-corrected chi connectivity index (χ2v) is 3.41. The van der Waals surface area contributed by atoms with Gasteiger partial charge in [-0.15, -0.1) is 0 Å². The maximum Gasteiger partial charge on any atom is 0.500 e. The largest absolute Gasteiger partial charge is 0.500 e. The molecule has 3 N–H and O–H groups in total. The van der Waals surface area contributed by atoms with Crippen molar-refractivity contribution in [2.24, 2.45) is 0 Å². The van der Waals surface area contributed by atoms with Gasteiger partial charge in [-0.1, -0.05) is 27.9 Å². The Bertz CT molecular complexity index is 178. The van der Waals surface area contributed by atoms with Gasteiger partial charge in [-0.2, -0.15) is 0 Å². The highest BCUT2D eigenvalue weighted by Gasteiger charge is 2.12. The molecule has 0 aliphatic heterocycles. The van der Waals surface area contributed by atoms with E-state index in [2.05, 4.69) is 4.73 Å². The molecule has 0 aliphatic carbocycles. The van der Waals surface area contributed by atoms with Crippen LogP contribution in [-0.4, -0.2) is 25.7 Å². The van der Waals surface area contributed by atoms with Crippen LogP contribution in [0.5, 0.6) is 0 Å². The minimum atomic E-state index is -4.81. The van der Waals surface area contributed by atoms with Crippen LogP contribution in [0.1, 0.15) is 0 Å². The average molecular weight is 245 g/mol. The zero-order chi connectivity index (χ0) is 10.4. The Morgan fingerprint density at radius 3 is 1.67 bits per heavy atom. The van der Waals surface area contributed by atoms with Gasteiger partial charge in [0.25, 0.3) is 0 Å². The van der Waals surface area contributed by atoms with Gasteiger partial charge in [-0.25, -0.2) is 9.36 Å². The molecule has 0 unspecified atom stereocenters. The lowest BCUT2D eigenvalue weighted by molar-refractivity contribution is -0.135. The first kappa shape index (κ1) is 14.6. The van der Waals surface area contributed by atoms with Crippen LogP contribution in [0.4, 0.5) is 4.53 Å². The fraction of sp³-hybridized carbons (Fsp3) is 0.500. The Balaban J connectivity index is 0. The van der Waals surface area contributed by atoms with Gasteiger partial charge in [0.2, 0.25) is 4.84 Å². The molecule has 12 heavy (non-hydrogen) atoms. The van der Waals surface area contributed by atoms with Crippen LogP contribution < -0.4 is 0 Å². The van der Waals surface area contributed by atoms with Crippen molar-refractivity contribution >= 4 is 37.0 Å². The third-order valence-electron chi connectivity index (χ3n) is 0.277. The molecule has 0 aromatic heterocycles. The van der Waals surface area contributed by atoms with Crippen LogP contribution in [0.15, 0.2) is 0 Å². The summed E-state index contributed by atoms with van der Waals surface area (Å²) in [5.41, 5.74) is 0. The van der Waals surface area contributed by atoms with Gasteiger partial charge in [0.1, 0.15) is 0 Å². The van der Waals surface area contributed by atoms with Crippen LogP contribution in [-0.2, 0) is 14.1 Å². The van der Waals surface area contributed by atoms with Gasteiger partial charge in [-0.3, -0.25) is 0 Å². The van der Waals surface area contributed by atoms with Crippen LogP contribution >= 0.6 is 31.0 Å². The second kappa shape index (κ2) is 6.59. The quantitative estimate of drug-likeness (QED) is 0.492. The summed E-state index contributed by atoms with van der Waals surface area (Å²) in [6, 6.07) is 0. The number of carboxylic acid groups (broad SMARTS) is 1. The summed E-state index contributed by atoms with van der Waals surface area (Å²) in [4.78, 5) is 22.8. The summed E-state index contributed by atoms with van der Waals surface area (Å²) >= 11 is 9.56. The van der Waals surface area contributed by atoms with Gasteiger partial charge in [0.15, 0.2) is 0 Å². The number of carboxylic acids is 1. The Morgan fingerprint density at radius 1 is 1.50 bits per heavy atom. The lowest BCUT2D eigenvalue weighted by Gasteiger charge is -1.87. The number of halogens is 3. The number of alkyl halides is 2. The van der Waals surface area contributed by atoms with E-state index in [4.69, 9.17) is 42.7 Å². The normalized spacial score (nSPS) is 10.5. The summed E-state index contributed by atoms with van der Waals surface area (Å²) in [5.74, 6) is -1.21. The van der Waals surface area contributed by atoms with E-state index in [0.29, 0.717) is 0 Å². The summed E-state index contributed by atoms with van der Waals surface area (Å²) in [7, 11) is -4.81. The number of aliphatic carboxylic acids is 1. The third-order valence-corrected chi connectivity index (χ3v) is 0.830. The molecule has 0 saturated heterocycles. The fourth-order valence-corrected chi connectivity index (χ4v) is 0. The first-order valence-electron chi connectivity index (χ1n) is 2.07. The molecule has 0 aliphatic rings.